The highest BCUT2D eigenvalue weighted by Gasteiger charge is 2.15. The molecule has 0 aliphatic carbocycles. The molecule has 126 valence electrons. The third-order valence-electron chi connectivity index (χ3n) is 3.44. The fourth-order valence-corrected chi connectivity index (χ4v) is 2.04. The number of hydrogen-bond acceptors (Lipinski definition) is 3. The highest BCUT2D eigenvalue weighted by molar-refractivity contribution is 5.95. The van der Waals surface area contributed by atoms with E-state index in [0.717, 1.165) is 5.56 Å². The van der Waals surface area contributed by atoms with Crippen LogP contribution in [0.4, 0.5) is 11.4 Å². The van der Waals surface area contributed by atoms with Gasteiger partial charge in [-0.05, 0) is 44.2 Å². The Hall–Kier alpha value is -2.82. The molecule has 5 heteroatoms. The molecule has 0 spiro atoms. The first kappa shape index (κ1) is 17.5. The van der Waals surface area contributed by atoms with Crippen LogP contribution in [0.5, 0.6) is 5.75 Å². The smallest absolute Gasteiger partial charge is 0.265 e. The normalized spacial score (nSPS) is 11.5. The van der Waals surface area contributed by atoms with Crippen molar-refractivity contribution in [2.75, 3.05) is 10.6 Å². The van der Waals surface area contributed by atoms with Gasteiger partial charge >= 0.3 is 0 Å². The Morgan fingerprint density at radius 2 is 1.67 bits per heavy atom. The van der Waals surface area contributed by atoms with E-state index in [1.807, 2.05) is 31.2 Å². The molecular weight excluding hydrogens is 304 g/mol. The van der Waals surface area contributed by atoms with E-state index in [4.69, 9.17) is 4.74 Å². The Labute approximate surface area is 142 Å². The van der Waals surface area contributed by atoms with Gasteiger partial charge in [-0.15, -0.1) is 0 Å². The maximum Gasteiger partial charge on any atom is 0.265 e. The van der Waals surface area contributed by atoms with Crippen LogP contribution in [0.1, 0.15) is 25.8 Å². The average molecular weight is 326 g/mol. The van der Waals surface area contributed by atoms with Crippen molar-refractivity contribution in [2.24, 2.45) is 0 Å². The van der Waals surface area contributed by atoms with Crippen molar-refractivity contribution in [2.45, 2.75) is 33.3 Å². The van der Waals surface area contributed by atoms with Crippen LogP contribution >= 0.6 is 0 Å². The number of aryl methyl sites for hydroxylation is 1. The molecule has 0 aliphatic rings. The van der Waals surface area contributed by atoms with Crippen LogP contribution < -0.4 is 15.4 Å². The summed E-state index contributed by atoms with van der Waals surface area (Å²) in [5.74, 6) is 0.316. The molecule has 0 aromatic heterocycles. The molecule has 2 rings (SSSR count). The number of ether oxygens (including phenoxy) is 1. The Bertz CT molecular complexity index is 711. The second-order valence-electron chi connectivity index (χ2n) is 5.54. The number of anilines is 2. The van der Waals surface area contributed by atoms with Gasteiger partial charge in [0.2, 0.25) is 5.91 Å². The number of amides is 2. The molecule has 1 atom stereocenters. The third kappa shape index (κ3) is 5.12. The number of carbonyl (C=O) groups excluding carboxylic acids is 2. The van der Waals surface area contributed by atoms with Crippen molar-refractivity contribution in [3.63, 3.8) is 0 Å². The van der Waals surface area contributed by atoms with Gasteiger partial charge in [-0.25, -0.2) is 0 Å². The van der Waals surface area contributed by atoms with Gasteiger partial charge in [-0.2, -0.15) is 0 Å². The van der Waals surface area contributed by atoms with Crippen molar-refractivity contribution >= 4 is 23.2 Å². The minimum Gasteiger partial charge on any atom is -0.481 e. The summed E-state index contributed by atoms with van der Waals surface area (Å²) in [4.78, 5) is 23.7. The zero-order valence-electron chi connectivity index (χ0n) is 14.1. The molecular formula is C19H22N2O3. The topological polar surface area (TPSA) is 67.4 Å². The molecule has 0 heterocycles. The lowest BCUT2D eigenvalue weighted by Crippen LogP contribution is -2.30. The van der Waals surface area contributed by atoms with Gasteiger partial charge in [0.05, 0.1) is 0 Å². The summed E-state index contributed by atoms with van der Waals surface area (Å²) < 4.78 is 5.63. The summed E-state index contributed by atoms with van der Waals surface area (Å²) in [7, 11) is 0. The third-order valence-corrected chi connectivity index (χ3v) is 3.44. The minimum atomic E-state index is -0.637. The van der Waals surface area contributed by atoms with Crippen LogP contribution in [-0.4, -0.2) is 17.9 Å². The zero-order chi connectivity index (χ0) is 17.5. The first-order chi connectivity index (χ1) is 11.5. The van der Waals surface area contributed by atoms with Crippen LogP contribution in [-0.2, 0) is 9.59 Å². The number of benzene rings is 2. The van der Waals surface area contributed by atoms with Crippen LogP contribution in [0.3, 0.4) is 0 Å². The quantitative estimate of drug-likeness (QED) is 0.849. The summed E-state index contributed by atoms with van der Waals surface area (Å²) in [6.45, 7) is 5.47. The molecule has 0 aliphatic heterocycles. The van der Waals surface area contributed by atoms with E-state index in [0.29, 0.717) is 23.5 Å². The zero-order valence-corrected chi connectivity index (χ0v) is 14.1. The standard InChI is InChI=1S/C19H22N2O3/c1-4-18(22)20-15-6-5-7-16(12-15)21-19(23)14(3)24-17-10-8-13(2)9-11-17/h5-12,14H,4H2,1-3H3,(H,20,22)(H,21,23)/t14-/m0/s1. The highest BCUT2D eigenvalue weighted by Crippen LogP contribution is 2.17. The van der Waals surface area contributed by atoms with Crippen LogP contribution in [0, 0.1) is 6.92 Å². The van der Waals surface area contributed by atoms with E-state index in [9.17, 15) is 9.59 Å². The van der Waals surface area contributed by atoms with Gasteiger partial charge in [-0.3, -0.25) is 9.59 Å². The van der Waals surface area contributed by atoms with Crippen molar-refractivity contribution in [3.8, 4) is 5.75 Å². The second kappa shape index (κ2) is 8.15. The first-order valence-electron chi connectivity index (χ1n) is 7.92. The minimum absolute atomic E-state index is 0.0745. The van der Waals surface area contributed by atoms with E-state index < -0.39 is 6.10 Å². The Balaban J connectivity index is 1.96. The van der Waals surface area contributed by atoms with Gasteiger partial charge in [0.25, 0.3) is 5.91 Å². The molecule has 0 bridgehead atoms. The number of hydrogen-bond donors (Lipinski definition) is 2. The summed E-state index contributed by atoms with van der Waals surface area (Å²) in [6.07, 6.45) is -0.237. The molecule has 0 fully saturated rings. The van der Waals surface area contributed by atoms with Gasteiger partial charge in [0.1, 0.15) is 5.75 Å². The average Bonchev–Trinajstić information content (AvgIpc) is 2.57. The van der Waals surface area contributed by atoms with Crippen LogP contribution in [0.2, 0.25) is 0 Å². The molecule has 2 aromatic carbocycles. The lowest BCUT2D eigenvalue weighted by Gasteiger charge is -2.15. The summed E-state index contributed by atoms with van der Waals surface area (Å²) in [6, 6.07) is 14.5. The van der Waals surface area contributed by atoms with Crippen molar-refractivity contribution < 1.29 is 14.3 Å². The highest BCUT2D eigenvalue weighted by atomic mass is 16.5. The van der Waals surface area contributed by atoms with Crippen LogP contribution in [0.15, 0.2) is 48.5 Å². The van der Waals surface area contributed by atoms with E-state index in [1.165, 1.54) is 0 Å². The molecule has 0 unspecified atom stereocenters. The molecule has 0 radical (unpaired) electrons. The van der Waals surface area contributed by atoms with Gasteiger partial charge < -0.3 is 15.4 Å². The number of carbonyl (C=O) groups is 2. The maximum atomic E-state index is 12.2. The number of rotatable bonds is 6. The fourth-order valence-electron chi connectivity index (χ4n) is 2.04. The first-order valence-corrected chi connectivity index (χ1v) is 7.92. The molecule has 2 N–H and O–H groups in total. The summed E-state index contributed by atoms with van der Waals surface area (Å²) >= 11 is 0. The van der Waals surface area contributed by atoms with E-state index >= 15 is 0 Å². The van der Waals surface area contributed by atoms with Gasteiger partial charge in [-0.1, -0.05) is 30.7 Å². The van der Waals surface area contributed by atoms with Crippen molar-refractivity contribution in [1.29, 1.82) is 0 Å². The molecule has 0 saturated heterocycles. The fraction of sp³-hybridized carbons (Fsp3) is 0.263. The molecule has 24 heavy (non-hydrogen) atoms. The predicted molar refractivity (Wildman–Crippen MR) is 95.3 cm³/mol. The molecule has 2 amide bonds. The monoisotopic (exact) mass is 326 g/mol. The summed E-state index contributed by atoms with van der Waals surface area (Å²) in [5.41, 5.74) is 2.38. The van der Waals surface area contributed by atoms with E-state index in [1.54, 1.807) is 38.1 Å². The van der Waals surface area contributed by atoms with Gasteiger partial charge in [0.15, 0.2) is 6.10 Å². The Morgan fingerprint density at radius 3 is 2.29 bits per heavy atom. The number of nitrogens with one attached hydrogen (secondary N) is 2. The largest absolute Gasteiger partial charge is 0.481 e. The molecule has 5 nitrogen and oxygen atoms in total. The van der Waals surface area contributed by atoms with Crippen molar-refractivity contribution in [1.82, 2.24) is 0 Å². The molecule has 2 aromatic rings. The Morgan fingerprint density at radius 1 is 1.04 bits per heavy atom. The van der Waals surface area contributed by atoms with Crippen LogP contribution in [0.25, 0.3) is 0 Å². The Kier molecular flexibility index (Phi) is 5.95. The lowest BCUT2D eigenvalue weighted by molar-refractivity contribution is -0.122. The second-order valence-corrected chi connectivity index (χ2v) is 5.54. The maximum absolute atomic E-state index is 12.2. The van der Waals surface area contributed by atoms with Crippen molar-refractivity contribution in [3.05, 3.63) is 54.1 Å². The molecule has 0 saturated carbocycles. The lowest BCUT2D eigenvalue weighted by atomic mass is 10.2. The van der Waals surface area contributed by atoms with Gasteiger partial charge in [0, 0.05) is 17.8 Å². The predicted octanol–water partition coefficient (Wildman–Crippen LogP) is 3.75. The van der Waals surface area contributed by atoms with E-state index in [-0.39, 0.29) is 11.8 Å². The SMILES string of the molecule is CCC(=O)Nc1cccc(NC(=O)[C@H](C)Oc2ccc(C)cc2)c1. The van der Waals surface area contributed by atoms with E-state index in [2.05, 4.69) is 10.6 Å². The summed E-state index contributed by atoms with van der Waals surface area (Å²) in [5, 5.41) is 5.55.